The molecule has 0 aliphatic rings. The lowest BCUT2D eigenvalue weighted by atomic mass is 10.1. The summed E-state index contributed by atoms with van der Waals surface area (Å²) in [7, 11) is 0. The summed E-state index contributed by atoms with van der Waals surface area (Å²) in [6.07, 6.45) is 2.30. The molecule has 0 atom stereocenters. The Hall–Kier alpha value is -2.51. The van der Waals surface area contributed by atoms with Gasteiger partial charge in [-0.1, -0.05) is 29.8 Å². The van der Waals surface area contributed by atoms with Crippen LogP contribution >= 0.6 is 22.9 Å². The highest BCUT2D eigenvalue weighted by Gasteiger charge is 2.13. The van der Waals surface area contributed by atoms with Crippen LogP contribution in [0.25, 0.3) is 16.2 Å². The molecule has 0 spiro atoms. The lowest BCUT2D eigenvalue weighted by Crippen LogP contribution is -2.14. The van der Waals surface area contributed by atoms with Crippen LogP contribution in [-0.4, -0.2) is 19.7 Å². The maximum Gasteiger partial charge on any atom is 0.230 e. The van der Waals surface area contributed by atoms with Crippen LogP contribution < -0.4 is 5.32 Å². The third-order valence-corrected chi connectivity index (χ3v) is 5.55. The molecule has 0 saturated heterocycles. The number of aromatic nitrogens is 3. The SMILES string of the molecule is Cc1ccc(-c2cn3c(CC(=O)Nc4cc(C)ns4)csc3n2)cc1. The number of thiazole rings is 1. The van der Waals surface area contributed by atoms with E-state index in [-0.39, 0.29) is 5.91 Å². The Morgan fingerprint density at radius 1 is 1.24 bits per heavy atom. The van der Waals surface area contributed by atoms with Crippen molar-refractivity contribution in [3.8, 4) is 11.3 Å². The number of hydrogen-bond donors (Lipinski definition) is 1. The van der Waals surface area contributed by atoms with E-state index >= 15 is 0 Å². The number of anilines is 1. The number of nitrogens with zero attached hydrogens (tertiary/aromatic N) is 3. The minimum Gasteiger partial charge on any atom is -0.316 e. The molecule has 1 aromatic carbocycles. The molecule has 7 heteroatoms. The molecule has 0 radical (unpaired) electrons. The maximum atomic E-state index is 12.3. The number of fused-ring (bicyclic) bond motifs is 1. The molecule has 25 heavy (non-hydrogen) atoms. The molecule has 4 rings (SSSR count). The number of carbonyl (C=O) groups excluding carboxylic acids is 1. The monoisotopic (exact) mass is 368 g/mol. The molecule has 0 saturated carbocycles. The van der Waals surface area contributed by atoms with Gasteiger partial charge in [-0.05, 0) is 31.4 Å². The van der Waals surface area contributed by atoms with Crippen LogP contribution in [0.5, 0.6) is 0 Å². The van der Waals surface area contributed by atoms with Gasteiger partial charge in [0, 0.05) is 22.8 Å². The Morgan fingerprint density at radius 2 is 2.04 bits per heavy atom. The molecule has 0 fully saturated rings. The molecule has 3 aromatic heterocycles. The van der Waals surface area contributed by atoms with Gasteiger partial charge >= 0.3 is 0 Å². The van der Waals surface area contributed by atoms with Crippen molar-refractivity contribution in [1.29, 1.82) is 0 Å². The van der Waals surface area contributed by atoms with Gasteiger partial charge in [0.05, 0.1) is 17.8 Å². The van der Waals surface area contributed by atoms with Crippen LogP contribution in [-0.2, 0) is 11.2 Å². The molecule has 0 aliphatic carbocycles. The number of hydrogen-bond acceptors (Lipinski definition) is 5. The number of amides is 1. The fourth-order valence-electron chi connectivity index (χ4n) is 2.59. The van der Waals surface area contributed by atoms with Gasteiger partial charge < -0.3 is 5.32 Å². The number of rotatable bonds is 4. The normalized spacial score (nSPS) is 11.1. The van der Waals surface area contributed by atoms with Gasteiger partial charge in [-0.25, -0.2) is 4.98 Å². The molecule has 5 nitrogen and oxygen atoms in total. The van der Waals surface area contributed by atoms with Gasteiger partial charge in [-0.3, -0.25) is 9.20 Å². The molecule has 0 aliphatic heterocycles. The molecule has 126 valence electrons. The second-order valence-corrected chi connectivity index (χ2v) is 7.57. The van der Waals surface area contributed by atoms with Crippen molar-refractivity contribution < 1.29 is 4.79 Å². The fourth-order valence-corrected chi connectivity index (χ4v) is 4.14. The maximum absolute atomic E-state index is 12.3. The zero-order chi connectivity index (χ0) is 17.4. The van der Waals surface area contributed by atoms with Crippen molar-refractivity contribution in [3.05, 3.63) is 58.9 Å². The highest BCUT2D eigenvalue weighted by Crippen LogP contribution is 2.24. The van der Waals surface area contributed by atoms with E-state index in [1.54, 1.807) is 11.3 Å². The average molecular weight is 368 g/mol. The summed E-state index contributed by atoms with van der Waals surface area (Å²) in [6.45, 7) is 3.98. The molecule has 3 heterocycles. The first-order chi connectivity index (χ1) is 12.1. The number of benzene rings is 1. The minimum atomic E-state index is -0.0473. The molecular weight excluding hydrogens is 352 g/mol. The molecule has 1 amide bonds. The van der Waals surface area contributed by atoms with Crippen molar-refractivity contribution in [2.45, 2.75) is 20.3 Å². The molecule has 1 N–H and O–H groups in total. The first-order valence-corrected chi connectivity index (χ1v) is 9.49. The predicted octanol–water partition coefficient (Wildman–Crippen LogP) is 4.32. The summed E-state index contributed by atoms with van der Waals surface area (Å²) in [5.41, 5.74) is 5.07. The number of carbonyl (C=O) groups is 1. The van der Waals surface area contributed by atoms with Crippen LogP contribution in [0, 0.1) is 13.8 Å². The molecule has 0 unspecified atom stereocenters. The van der Waals surface area contributed by atoms with E-state index in [4.69, 9.17) is 0 Å². The van der Waals surface area contributed by atoms with Gasteiger partial charge in [-0.2, -0.15) is 4.37 Å². The highest BCUT2D eigenvalue weighted by atomic mass is 32.1. The fraction of sp³-hybridized carbons (Fsp3) is 0.167. The number of nitrogens with one attached hydrogen (secondary N) is 1. The highest BCUT2D eigenvalue weighted by molar-refractivity contribution is 7.15. The second kappa shape index (κ2) is 6.42. The summed E-state index contributed by atoms with van der Waals surface area (Å²) in [6, 6.07) is 10.2. The van der Waals surface area contributed by atoms with Gasteiger partial charge in [0.1, 0.15) is 5.00 Å². The Balaban J connectivity index is 1.56. The second-order valence-electron chi connectivity index (χ2n) is 5.93. The topological polar surface area (TPSA) is 59.3 Å². The van der Waals surface area contributed by atoms with Crippen LogP contribution in [0.4, 0.5) is 5.00 Å². The minimum absolute atomic E-state index is 0.0473. The van der Waals surface area contributed by atoms with Crippen molar-refractivity contribution in [2.24, 2.45) is 0 Å². The van der Waals surface area contributed by atoms with Crippen LogP contribution in [0.3, 0.4) is 0 Å². The van der Waals surface area contributed by atoms with Crippen molar-refractivity contribution in [3.63, 3.8) is 0 Å². The Kier molecular flexibility index (Phi) is 4.10. The smallest absolute Gasteiger partial charge is 0.230 e. The Bertz CT molecular complexity index is 1040. The first kappa shape index (κ1) is 16.0. The average Bonchev–Trinajstić information content (AvgIpc) is 3.26. The van der Waals surface area contributed by atoms with Gasteiger partial charge in [0.25, 0.3) is 0 Å². The summed E-state index contributed by atoms with van der Waals surface area (Å²) in [4.78, 5) is 17.9. The summed E-state index contributed by atoms with van der Waals surface area (Å²) >= 11 is 2.85. The van der Waals surface area contributed by atoms with Crippen LogP contribution in [0.2, 0.25) is 0 Å². The first-order valence-electron chi connectivity index (χ1n) is 7.84. The zero-order valence-corrected chi connectivity index (χ0v) is 15.4. The number of imidazole rings is 1. The summed E-state index contributed by atoms with van der Waals surface area (Å²) < 4.78 is 6.17. The Labute approximate surface area is 153 Å². The molecular formula is C18H16N4OS2. The van der Waals surface area contributed by atoms with E-state index < -0.39 is 0 Å². The van der Waals surface area contributed by atoms with Crippen molar-refractivity contribution in [1.82, 2.24) is 13.8 Å². The lowest BCUT2D eigenvalue weighted by Gasteiger charge is -2.01. The van der Waals surface area contributed by atoms with E-state index in [2.05, 4.69) is 45.9 Å². The van der Waals surface area contributed by atoms with Gasteiger partial charge in [0.15, 0.2) is 4.96 Å². The van der Waals surface area contributed by atoms with Crippen LogP contribution in [0.1, 0.15) is 17.0 Å². The van der Waals surface area contributed by atoms with E-state index in [0.29, 0.717) is 6.42 Å². The van der Waals surface area contributed by atoms with E-state index in [9.17, 15) is 4.79 Å². The van der Waals surface area contributed by atoms with E-state index in [0.717, 1.165) is 32.6 Å². The largest absolute Gasteiger partial charge is 0.316 e. The standard InChI is InChI=1S/C18H16N4OS2/c1-11-3-5-13(6-4-11)15-9-22-14(10-24-18(22)19-15)8-16(23)20-17-7-12(2)21-25-17/h3-7,9-10H,8H2,1-2H3,(H,20,23). The zero-order valence-electron chi connectivity index (χ0n) is 13.8. The van der Waals surface area contributed by atoms with Crippen molar-refractivity contribution in [2.75, 3.05) is 5.32 Å². The van der Waals surface area contributed by atoms with E-state index in [1.807, 2.05) is 29.0 Å². The number of aryl methyl sites for hydroxylation is 2. The molecule has 0 bridgehead atoms. The summed E-state index contributed by atoms with van der Waals surface area (Å²) in [5, 5.41) is 5.66. The van der Waals surface area contributed by atoms with Crippen LogP contribution in [0.15, 0.2) is 41.9 Å². The van der Waals surface area contributed by atoms with E-state index in [1.165, 1.54) is 17.1 Å². The van der Waals surface area contributed by atoms with Crippen molar-refractivity contribution >= 4 is 38.7 Å². The lowest BCUT2D eigenvalue weighted by molar-refractivity contribution is -0.115. The quantitative estimate of drug-likeness (QED) is 0.584. The third kappa shape index (κ3) is 3.33. The van der Waals surface area contributed by atoms with Gasteiger partial charge in [-0.15, -0.1) is 11.3 Å². The summed E-state index contributed by atoms with van der Waals surface area (Å²) in [5.74, 6) is -0.0473. The van der Waals surface area contributed by atoms with Gasteiger partial charge in [0.2, 0.25) is 5.91 Å². The third-order valence-electron chi connectivity index (χ3n) is 3.86. The Morgan fingerprint density at radius 3 is 2.76 bits per heavy atom. The predicted molar refractivity (Wildman–Crippen MR) is 102 cm³/mol. The molecule has 4 aromatic rings.